The second-order valence-electron chi connectivity index (χ2n) is 5.82. The summed E-state index contributed by atoms with van der Waals surface area (Å²) in [5.41, 5.74) is 3.65. The Morgan fingerprint density at radius 1 is 1.17 bits per heavy atom. The lowest BCUT2D eigenvalue weighted by atomic mass is 9.97. The van der Waals surface area contributed by atoms with E-state index in [4.69, 9.17) is 4.42 Å². The molecule has 2 aromatic heterocycles. The zero-order chi connectivity index (χ0) is 16.8. The molecular weight excluding hydrogens is 303 g/mol. The number of nitriles is 1. The van der Waals surface area contributed by atoms with Crippen LogP contribution in [0.1, 0.15) is 11.1 Å². The molecule has 0 saturated heterocycles. The Labute approximate surface area is 138 Å². The molecule has 0 fully saturated rings. The van der Waals surface area contributed by atoms with Crippen LogP contribution in [0.15, 0.2) is 53.1 Å². The number of benzene rings is 2. The van der Waals surface area contributed by atoms with Crippen LogP contribution in [0.4, 0.5) is 4.39 Å². The van der Waals surface area contributed by atoms with E-state index in [-0.39, 0.29) is 5.82 Å². The number of rotatable bonds is 1. The van der Waals surface area contributed by atoms with Crippen molar-refractivity contribution in [2.24, 2.45) is 7.05 Å². The largest absolute Gasteiger partial charge is 0.455 e. The molecule has 0 bridgehead atoms. The lowest BCUT2D eigenvalue weighted by molar-refractivity contribution is -0.660. The molecule has 116 valence electrons. The summed E-state index contributed by atoms with van der Waals surface area (Å²) >= 11 is 0. The van der Waals surface area contributed by atoms with Crippen LogP contribution in [0.5, 0.6) is 0 Å². The van der Waals surface area contributed by atoms with Crippen LogP contribution in [-0.2, 0) is 7.05 Å². The van der Waals surface area contributed by atoms with Gasteiger partial charge in [-0.1, -0.05) is 12.1 Å². The molecule has 2 aromatic carbocycles. The van der Waals surface area contributed by atoms with Crippen molar-refractivity contribution < 1.29 is 13.4 Å². The number of pyridine rings is 1. The first-order chi connectivity index (χ1) is 11.6. The fourth-order valence-electron chi connectivity index (χ4n) is 3.22. The lowest BCUT2D eigenvalue weighted by Crippen LogP contribution is -2.30. The minimum atomic E-state index is -0.320. The number of halogens is 1. The first-order valence-electron chi connectivity index (χ1n) is 7.61. The first-order valence-corrected chi connectivity index (χ1v) is 7.61. The number of furan rings is 1. The third kappa shape index (κ3) is 1.92. The average Bonchev–Trinajstić information content (AvgIpc) is 2.95. The number of nitrogens with zero attached hydrogens (tertiary/aromatic N) is 2. The molecule has 4 heteroatoms. The SMILES string of the molecule is Cc1c(F)cc2oc3c(C#N)cccc3c2c1-c1cccc[n+]1C. The van der Waals surface area contributed by atoms with Gasteiger partial charge in [0.15, 0.2) is 11.8 Å². The van der Waals surface area contributed by atoms with Crippen LogP contribution in [0.3, 0.4) is 0 Å². The summed E-state index contributed by atoms with van der Waals surface area (Å²) < 4.78 is 22.3. The van der Waals surface area contributed by atoms with Crippen LogP contribution in [0.25, 0.3) is 33.2 Å². The number of fused-ring (bicyclic) bond motifs is 3. The minimum Gasteiger partial charge on any atom is -0.455 e. The molecule has 0 aliphatic carbocycles. The van der Waals surface area contributed by atoms with Gasteiger partial charge in [0.25, 0.3) is 0 Å². The Hall–Kier alpha value is -3.19. The molecule has 0 spiro atoms. The van der Waals surface area contributed by atoms with Gasteiger partial charge in [-0.25, -0.2) is 8.96 Å². The fourth-order valence-corrected chi connectivity index (χ4v) is 3.22. The molecule has 3 nitrogen and oxygen atoms in total. The van der Waals surface area contributed by atoms with Crippen molar-refractivity contribution in [3.05, 3.63) is 65.6 Å². The van der Waals surface area contributed by atoms with Crippen molar-refractivity contribution in [1.29, 1.82) is 5.26 Å². The molecule has 4 rings (SSSR count). The summed E-state index contributed by atoms with van der Waals surface area (Å²) in [5, 5.41) is 11.0. The summed E-state index contributed by atoms with van der Waals surface area (Å²) in [6.45, 7) is 1.77. The fraction of sp³-hybridized carbons (Fsp3) is 0.100. The molecule has 0 unspecified atom stereocenters. The number of para-hydroxylation sites is 1. The van der Waals surface area contributed by atoms with Crippen molar-refractivity contribution in [1.82, 2.24) is 0 Å². The predicted molar refractivity (Wildman–Crippen MR) is 89.7 cm³/mol. The number of aromatic nitrogens is 1. The van der Waals surface area contributed by atoms with Crippen LogP contribution in [-0.4, -0.2) is 0 Å². The Bertz CT molecular complexity index is 1150. The molecule has 2 heterocycles. The van der Waals surface area contributed by atoms with Crippen molar-refractivity contribution in [3.63, 3.8) is 0 Å². The predicted octanol–water partition coefficient (Wildman–Crippen LogP) is 4.40. The van der Waals surface area contributed by atoms with E-state index in [1.807, 2.05) is 48.1 Å². The monoisotopic (exact) mass is 317 g/mol. The van der Waals surface area contributed by atoms with Gasteiger partial charge in [0, 0.05) is 29.0 Å². The summed E-state index contributed by atoms with van der Waals surface area (Å²) in [5.74, 6) is -0.320. The topological polar surface area (TPSA) is 40.8 Å². The maximum atomic E-state index is 14.5. The van der Waals surface area contributed by atoms with Gasteiger partial charge in [0.2, 0.25) is 5.69 Å². The van der Waals surface area contributed by atoms with Crippen LogP contribution >= 0.6 is 0 Å². The van der Waals surface area contributed by atoms with Gasteiger partial charge >= 0.3 is 0 Å². The molecule has 0 N–H and O–H groups in total. The van der Waals surface area contributed by atoms with E-state index in [1.54, 1.807) is 13.0 Å². The van der Waals surface area contributed by atoms with E-state index in [9.17, 15) is 9.65 Å². The van der Waals surface area contributed by atoms with Crippen molar-refractivity contribution in [2.75, 3.05) is 0 Å². The Morgan fingerprint density at radius 2 is 2.00 bits per heavy atom. The van der Waals surface area contributed by atoms with E-state index in [0.29, 0.717) is 22.3 Å². The molecule has 0 saturated carbocycles. The highest BCUT2D eigenvalue weighted by molar-refractivity contribution is 6.13. The highest BCUT2D eigenvalue weighted by atomic mass is 19.1. The van der Waals surface area contributed by atoms with E-state index in [1.165, 1.54) is 6.07 Å². The number of hydrogen-bond acceptors (Lipinski definition) is 2. The normalized spacial score (nSPS) is 11.1. The zero-order valence-corrected chi connectivity index (χ0v) is 13.3. The molecule has 0 amide bonds. The summed E-state index contributed by atoms with van der Waals surface area (Å²) in [6.07, 6.45) is 1.93. The van der Waals surface area contributed by atoms with Crippen molar-refractivity contribution >= 4 is 21.9 Å². The lowest BCUT2D eigenvalue weighted by Gasteiger charge is -2.07. The van der Waals surface area contributed by atoms with Crippen molar-refractivity contribution in [2.45, 2.75) is 6.92 Å². The summed E-state index contributed by atoms with van der Waals surface area (Å²) in [4.78, 5) is 0. The smallest absolute Gasteiger partial charge is 0.213 e. The standard InChI is InChI=1S/C20H14FN2O/c1-12-15(21)10-17-19(18(12)16-8-3-4-9-23(16)2)14-7-5-6-13(11-22)20(14)24-17/h3-10H,1-2H3/q+1. The average molecular weight is 317 g/mol. The van der Waals surface area contributed by atoms with E-state index in [0.717, 1.165) is 22.0 Å². The van der Waals surface area contributed by atoms with Gasteiger partial charge in [-0.2, -0.15) is 5.26 Å². The molecule has 0 aliphatic heterocycles. The zero-order valence-electron chi connectivity index (χ0n) is 13.3. The molecule has 4 aromatic rings. The van der Waals surface area contributed by atoms with Gasteiger partial charge in [-0.05, 0) is 24.6 Å². The second kappa shape index (κ2) is 5.17. The highest BCUT2D eigenvalue weighted by Crippen LogP contribution is 2.39. The molecular formula is C20H14FN2O+. The van der Waals surface area contributed by atoms with Gasteiger partial charge in [-0.3, -0.25) is 0 Å². The maximum Gasteiger partial charge on any atom is 0.213 e. The van der Waals surface area contributed by atoms with Crippen LogP contribution in [0.2, 0.25) is 0 Å². The van der Waals surface area contributed by atoms with Crippen molar-refractivity contribution in [3.8, 4) is 17.3 Å². The van der Waals surface area contributed by atoms with Gasteiger partial charge < -0.3 is 4.42 Å². The van der Waals surface area contributed by atoms with Crippen LogP contribution < -0.4 is 4.57 Å². The second-order valence-corrected chi connectivity index (χ2v) is 5.82. The summed E-state index contributed by atoms with van der Waals surface area (Å²) in [6, 6.07) is 14.8. The molecule has 0 radical (unpaired) electrons. The van der Waals surface area contributed by atoms with Gasteiger partial charge in [0.05, 0.1) is 11.1 Å². The molecule has 0 atom stereocenters. The quantitative estimate of drug-likeness (QED) is 0.488. The van der Waals surface area contributed by atoms with Gasteiger partial charge in [-0.15, -0.1) is 0 Å². The maximum absolute atomic E-state index is 14.5. The molecule has 24 heavy (non-hydrogen) atoms. The molecule has 0 aliphatic rings. The highest BCUT2D eigenvalue weighted by Gasteiger charge is 2.23. The third-order valence-corrected chi connectivity index (χ3v) is 4.42. The van der Waals surface area contributed by atoms with E-state index >= 15 is 0 Å². The number of aryl methyl sites for hydroxylation is 1. The van der Waals surface area contributed by atoms with Gasteiger partial charge in [0.1, 0.15) is 24.5 Å². The first kappa shape index (κ1) is 14.4. The number of hydrogen-bond donors (Lipinski definition) is 0. The Morgan fingerprint density at radius 3 is 2.75 bits per heavy atom. The van der Waals surface area contributed by atoms with E-state index < -0.39 is 0 Å². The summed E-state index contributed by atoms with van der Waals surface area (Å²) in [7, 11) is 1.93. The van der Waals surface area contributed by atoms with E-state index in [2.05, 4.69) is 6.07 Å². The Balaban J connectivity index is 2.26. The Kier molecular flexibility index (Phi) is 3.10. The third-order valence-electron chi connectivity index (χ3n) is 4.42. The minimum absolute atomic E-state index is 0.320. The van der Waals surface area contributed by atoms with Crippen LogP contribution in [0, 0.1) is 24.1 Å².